The van der Waals surface area contributed by atoms with Crippen molar-refractivity contribution in [3.05, 3.63) is 23.8 Å². The molecular formula is C13H15N7S. The van der Waals surface area contributed by atoms with Crippen molar-refractivity contribution in [1.29, 1.82) is 0 Å². The number of hydrogen-bond donors (Lipinski definition) is 0. The van der Waals surface area contributed by atoms with Crippen molar-refractivity contribution in [2.24, 2.45) is 0 Å². The zero-order valence-electron chi connectivity index (χ0n) is 12.3. The van der Waals surface area contributed by atoms with Crippen LogP contribution >= 0.6 is 11.8 Å². The summed E-state index contributed by atoms with van der Waals surface area (Å²) < 4.78 is 1.70. The first-order valence-corrected chi connectivity index (χ1v) is 7.80. The Hall–Kier alpha value is -2.09. The van der Waals surface area contributed by atoms with E-state index in [1.54, 1.807) is 10.7 Å². The van der Waals surface area contributed by atoms with Crippen LogP contribution in [0.4, 0.5) is 0 Å². The van der Waals surface area contributed by atoms with Crippen molar-refractivity contribution in [2.75, 3.05) is 6.26 Å². The van der Waals surface area contributed by atoms with Gasteiger partial charge in [-0.2, -0.15) is 9.50 Å². The molecule has 0 aliphatic rings. The van der Waals surface area contributed by atoms with Crippen LogP contribution in [-0.2, 0) is 0 Å². The normalized spacial score (nSPS) is 11.5. The molecule has 0 bridgehead atoms. The maximum absolute atomic E-state index is 4.56. The SMILES string of the molecule is CSc1nc2nnc(-c3ccnc(C(C)C)n3)c(C)n2n1. The molecule has 3 rings (SSSR count). The average molecular weight is 301 g/mol. The molecule has 0 radical (unpaired) electrons. The topological polar surface area (TPSA) is 81.8 Å². The fraction of sp³-hybridized carbons (Fsp3) is 0.385. The van der Waals surface area contributed by atoms with Gasteiger partial charge >= 0.3 is 0 Å². The monoisotopic (exact) mass is 301 g/mol. The Morgan fingerprint density at radius 3 is 2.71 bits per heavy atom. The summed E-state index contributed by atoms with van der Waals surface area (Å²) in [6.07, 6.45) is 3.68. The van der Waals surface area contributed by atoms with E-state index in [4.69, 9.17) is 0 Å². The summed E-state index contributed by atoms with van der Waals surface area (Å²) in [4.78, 5) is 13.1. The van der Waals surface area contributed by atoms with Crippen LogP contribution in [0.3, 0.4) is 0 Å². The number of thioether (sulfide) groups is 1. The predicted molar refractivity (Wildman–Crippen MR) is 80.2 cm³/mol. The molecule has 0 aromatic carbocycles. The number of aryl methyl sites for hydroxylation is 1. The van der Waals surface area contributed by atoms with E-state index in [1.165, 1.54) is 11.8 Å². The maximum atomic E-state index is 4.56. The zero-order chi connectivity index (χ0) is 15.0. The highest BCUT2D eigenvalue weighted by Gasteiger charge is 2.14. The number of hydrogen-bond acceptors (Lipinski definition) is 7. The Morgan fingerprint density at radius 2 is 2.00 bits per heavy atom. The highest BCUT2D eigenvalue weighted by atomic mass is 32.2. The summed E-state index contributed by atoms with van der Waals surface area (Å²) in [7, 11) is 0. The van der Waals surface area contributed by atoms with Gasteiger partial charge in [0, 0.05) is 12.1 Å². The van der Waals surface area contributed by atoms with Crippen LogP contribution in [-0.4, -0.2) is 41.0 Å². The summed E-state index contributed by atoms with van der Waals surface area (Å²) >= 11 is 1.47. The Bertz CT molecular complexity index is 796. The van der Waals surface area contributed by atoms with E-state index < -0.39 is 0 Å². The van der Waals surface area contributed by atoms with Gasteiger partial charge < -0.3 is 0 Å². The Kier molecular flexibility index (Phi) is 3.54. The molecular weight excluding hydrogens is 286 g/mol. The molecule has 8 heteroatoms. The van der Waals surface area contributed by atoms with Gasteiger partial charge in [-0.3, -0.25) is 0 Å². The molecule has 0 fully saturated rings. The lowest BCUT2D eigenvalue weighted by Crippen LogP contribution is -2.05. The lowest BCUT2D eigenvalue weighted by molar-refractivity contribution is 0.771. The first kappa shape index (κ1) is 13.9. The number of aromatic nitrogens is 7. The summed E-state index contributed by atoms with van der Waals surface area (Å²) in [5.74, 6) is 1.55. The van der Waals surface area contributed by atoms with E-state index in [0.717, 1.165) is 17.2 Å². The van der Waals surface area contributed by atoms with Gasteiger partial charge in [-0.25, -0.2) is 9.97 Å². The summed E-state index contributed by atoms with van der Waals surface area (Å²) in [6, 6.07) is 1.83. The average Bonchev–Trinajstić information content (AvgIpc) is 2.92. The van der Waals surface area contributed by atoms with Crippen molar-refractivity contribution in [2.45, 2.75) is 31.8 Å². The molecule has 3 aromatic heterocycles. The third kappa shape index (κ3) is 2.46. The minimum atomic E-state index is 0.261. The Balaban J connectivity index is 2.16. The van der Waals surface area contributed by atoms with Gasteiger partial charge in [-0.1, -0.05) is 25.6 Å². The van der Waals surface area contributed by atoms with Crippen LogP contribution in [0, 0.1) is 6.92 Å². The summed E-state index contributed by atoms with van der Waals surface area (Å²) in [6.45, 7) is 6.05. The van der Waals surface area contributed by atoms with Crippen LogP contribution in [0.15, 0.2) is 17.4 Å². The molecule has 0 atom stereocenters. The standard InChI is InChI=1S/C13H15N7S/c1-7(2)11-14-6-5-9(15-11)10-8(3)20-12(18-17-10)16-13(19-20)21-4/h5-7H,1-4H3. The fourth-order valence-corrected chi connectivity index (χ4v) is 2.29. The third-order valence-corrected chi connectivity index (χ3v) is 3.62. The molecule has 0 saturated carbocycles. The van der Waals surface area contributed by atoms with Crippen molar-refractivity contribution in [3.8, 4) is 11.4 Å². The highest BCUT2D eigenvalue weighted by molar-refractivity contribution is 7.98. The van der Waals surface area contributed by atoms with Gasteiger partial charge in [0.2, 0.25) is 5.16 Å². The maximum Gasteiger partial charge on any atom is 0.272 e. The van der Waals surface area contributed by atoms with Crippen molar-refractivity contribution in [3.63, 3.8) is 0 Å². The minimum absolute atomic E-state index is 0.261. The molecule has 7 nitrogen and oxygen atoms in total. The zero-order valence-corrected chi connectivity index (χ0v) is 13.1. The van der Waals surface area contributed by atoms with Crippen LogP contribution in [0.25, 0.3) is 17.2 Å². The van der Waals surface area contributed by atoms with E-state index in [-0.39, 0.29) is 5.92 Å². The number of rotatable bonds is 3. The van der Waals surface area contributed by atoms with Gasteiger partial charge in [0.25, 0.3) is 5.78 Å². The van der Waals surface area contributed by atoms with Gasteiger partial charge in [-0.15, -0.1) is 15.3 Å². The Labute approximate surface area is 126 Å². The third-order valence-electron chi connectivity index (χ3n) is 3.09. The van der Waals surface area contributed by atoms with Crippen molar-refractivity contribution in [1.82, 2.24) is 34.8 Å². The summed E-state index contributed by atoms with van der Waals surface area (Å²) in [5.41, 5.74) is 2.31. The van der Waals surface area contributed by atoms with E-state index in [9.17, 15) is 0 Å². The number of nitrogens with zero attached hydrogens (tertiary/aromatic N) is 7. The van der Waals surface area contributed by atoms with Gasteiger partial charge in [0.15, 0.2) is 0 Å². The number of fused-ring (bicyclic) bond motifs is 1. The quantitative estimate of drug-likeness (QED) is 0.685. The molecule has 0 N–H and O–H groups in total. The second-order valence-corrected chi connectivity index (χ2v) is 5.67. The summed E-state index contributed by atoms with van der Waals surface area (Å²) in [5, 5.41) is 13.5. The van der Waals surface area contributed by atoms with E-state index in [1.807, 2.05) is 19.2 Å². The molecule has 0 amide bonds. The molecule has 108 valence electrons. The lowest BCUT2D eigenvalue weighted by Gasteiger charge is -2.07. The molecule has 0 spiro atoms. The van der Waals surface area contributed by atoms with Crippen molar-refractivity contribution >= 4 is 17.5 Å². The van der Waals surface area contributed by atoms with Crippen molar-refractivity contribution < 1.29 is 0 Å². The first-order chi connectivity index (χ1) is 10.1. The molecule has 0 unspecified atom stereocenters. The van der Waals surface area contributed by atoms with E-state index in [2.05, 4.69) is 44.1 Å². The van der Waals surface area contributed by atoms with Gasteiger partial charge in [0.05, 0.1) is 11.4 Å². The molecule has 0 aliphatic heterocycles. The van der Waals surface area contributed by atoms with E-state index in [0.29, 0.717) is 16.6 Å². The second-order valence-electron chi connectivity index (χ2n) is 4.90. The van der Waals surface area contributed by atoms with Crippen LogP contribution in [0.5, 0.6) is 0 Å². The largest absolute Gasteiger partial charge is 0.272 e. The van der Waals surface area contributed by atoms with Gasteiger partial charge in [0.1, 0.15) is 11.5 Å². The van der Waals surface area contributed by atoms with Crippen LogP contribution in [0.2, 0.25) is 0 Å². The highest BCUT2D eigenvalue weighted by Crippen LogP contribution is 2.20. The smallest absolute Gasteiger partial charge is 0.241 e. The Morgan fingerprint density at radius 1 is 1.19 bits per heavy atom. The van der Waals surface area contributed by atoms with Crippen LogP contribution in [0.1, 0.15) is 31.3 Å². The molecule has 3 heterocycles. The first-order valence-electron chi connectivity index (χ1n) is 6.57. The molecule has 3 aromatic rings. The molecule has 21 heavy (non-hydrogen) atoms. The fourth-order valence-electron chi connectivity index (χ4n) is 1.95. The predicted octanol–water partition coefficient (Wildman–Crippen LogP) is 2.13. The van der Waals surface area contributed by atoms with E-state index >= 15 is 0 Å². The lowest BCUT2D eigenvalue weighted by atomic mass is 10.2. The van der Waals surface area contributed by atoms with Crippen LogP contribution < -0.4 is 0 Å². The molecule has 0 saturated heterocycles. The molecule has 0 aliphatic carbocycles. The minimum Gasteiger partial charge on any atom is -0.241 e. The second kappa shape index (κ2) is 5.36. The van der Waals surface area contributed by atoms with Gasteiger partial charge in [-0.05, 0) is 19.2 Å².